The van der Waals surface area contributed by atoms with Crippen molar-refractivity contribution in [2.75, 3.05) is 19.6 Å². The number of imidazole rings is 1. The first-order chi connectivity index (χ1) is 26.8. The number of piperidine rings is 1. The standard InChI is InChI=1S/C44H46N4O6S/c1-30-41(28-47-25-23-36(24-26-47)48-40-14-8-7-13-39(40)46-44(48)50)53-43(54-42(30)33-17-15-31(29-49)16-18-33)34-21-19-32(20-22-34)38-12-6-5-9-35(38)27-45-55(51,52)37-10-3-2-4-11-37/h2-22,30,36,41-43,45,49H,23-29H2,1H3,(H,46,50). The molecule has 0 bridgehead atoms. The zero-order valence-corrected chi connectivity index (χ0v) is 31.6. The topological polar surface area (TPSA) is 126 Å². The van der Waals surface area contributed by atoms with E-state index >= 15 is 0 Å². The number of rotatable bonds is 11. The van der Waals surface area contributed by atoms with Crippen molar-refractivity contribution in [2.45, 2.75) is 62.4 Å². The minimum Gasteiger partial charge on any atom is -0.392 e. The predicted molar refractivity (Wildman–Crippen MR) is 213 cm³/mol. The summed E-state index contributed by atoms with van der Waals surface area (Å²) in [6, 6.07) is 40.2. The molecular weight excluding hydrogens is 713 g/mol. The summed E-state index contributed by atoms with van der Waals surface area (Å²) in [5.74, 6) is 0.0380. The summed E-state index contributed by atoms with van der Waals surface area (Å²) in [5, 5.41) is 9.68. The second-order valence-electron chi connectivity index (χ2n) is 14.6. The van der Waals surface area contributed by atoms with Gasteiger partial charge in [-0.25, -0.2) is 17.9 Å². The summed E-state index contributed by atoms with van der Waals surface area (Å²) in [7, 11) is -3.67. The maximum atomic E-state index is 13.0. The maximum Gasteiger partial charge on any atom is 0.326 e. The maximum absolute atomic E-state index is 13.0. The highest BCUT2D eigenvalue weighted by molar-refractivity contribution is 7.89. The number of sulfonamides is 1. The fraction of sp³-hybridized carbons (Fsp3) is 0.295. The molecule has 11 heteroatoms. The first kappa shape index (κ1) is 37.1. The number of likely N-dealkylation sites (tertiary alicyclic amines) is 1. The van der Waals surface area contributed by atoms with E-state index in [-0.39, 0.29) is 47.9 Å². The van der Waals surface area contributed by atoms with Gasteiger partial charge in [-0.2, -0.15) is 0 Å². The summed E-state index contributed by atoms with van der Waals surface area (Å²) in [5.41, 5.74) is 7.27. The van der Waals surface area contributed by atoms with Gasteiger partial charge in [-0.15, -0.1) is 0 Å². The molecule has 2 fully saturated rings. The van der Waals surface area contributed by atoms with Crippen molar-refractivity contribution in [3.63, 3.8) is 0 Å². The largest absolute Gasteiger partial charge is 0.392 e. The fourth-order valence-corrected chi connectivity index (χ4v) is 9.04. The molecule has 4 unspecified atom stereocenters. The van der Waals surface area contributed by atoms with Crippen LogP contribution in [0, 0.1) is 5.92 Å². The van der Waals surface area contributed by atoms with Gasteiger partial charge in [-0.3, -0.25) is 4.57 Å². The third-order valence-corrected chi connectivity index (χ3v) is 12.5. The van der Waals surface area contributed by atoms with Gasteiger partial charge in [0.25, 0.3) is 0 Å². The molecule has 0 amide bonds. The van der Waals surface area contributed by atoms with E-state index in [1.54, 1.807) is 30.3 Å². The van der Waals surface area contributed by atoms with Crippen LogP contribution in [0.15, 0.2) is 137 Å². The molecule has 1 aromatic heterocycles. The van der Waals surface area contributed by atoms with Crippen LogP contribution in [-0.4, -0.2) is 53.7 Å². The van der Waals surface area contributed by atoms with Crippen LogP contribution in [0.25, 0.3) is 22.2 Å². The van der Waals surface area contributed by atoms with E-state index in [2.05, 4.69) is 21.5 Å². The number of H-pyrrole nitrogens is 1. The van der Waals surface area contributed by atoms with E-state index in [0.717, 1.165) is 76.9 Å². The molecule has 0 radical (unpaired) electrons. The molecule has 55 heavy (non-hydrogen) atoms. The third kappa shape index (κ3) is 7.95. The number of nitrogens with zero attached hydrogens (tertiary/aromatic N) is 2. The second-order valence-corrected chi connectivity index (χ2v) is 16.4. The smallest absolute Gasteiger partial charge is 0.326 e. The third-order valence-electron chi connectivity index (χ3n) is 11.1. The van der Waals surface area contributed by atoms with Crippen molar-refractivity contribution in [2.24, 2.45) is 5.92 Å². The second kappa shape index (κ2) is 16.1. The molecule has 0 spiro atoms. The monoisotopic (exact) mass is 758 g/mol. The van der Waals surface area contributed by atoms with Gasteiger partial charge in [0, 0.05) is 43.7 Å². The summed E-state index contributed by atoms with van der Waals surface area (Å²) in [6.45, 7) is 4.73. The number of hydrogen-bond acceptors (Lipinski definition) is 7. The highest BCUT2D eigenvalue weighted by atomic mass is 32.2. The lowest BCUT2D eigenvalue weighted by Crippen LogP contribution is -2.47. The minimum atomic E-state index is -3.67. The normalized spacial score (nSPS) is 21.2. The SMILES string of the molecule is CC1C(CN2CCC(n3c(=O)[nH]c4ccccc43)CC2)OC(c2ccc(-c3ccccc3CNS(=O)(=O)c3ccccc3)cc2)OC1c1ccc(CO)cc1. The zero-order valence-electron chi connectivity index (χ0n) is 30.8. The molecule has 2 saturated heterocycles. The average molecular weight is 759 g/mol. The van der Waals surface area contributed by atoms with Crippen molar-refractivity contribution in [3.05, 3.63) is 160 Å². The van der Waals surface area contributed by atoms with Gasteiger partial charge in [0.15, 0.2) is 6.29 Å². The number of benzene rings is 5. The van der Waals surface area contributed by atoms with Crippen molar-refractivity contribution < 1.29 is 23.0 Å². The number of hydrogen-bond donors (Lipinski definition) is 3. The van der Waals surface area contributed by atoms with Crippen molar-refractivity contribution >= 4 is 21.1 Å². The first-order valence-electron chi connectivity index (χ1n) is 18.9. The number of aliphatic hydroxyl groups is 1. The number of aromatic nitrogens is 2. The van der Waals surface area contributed by atoms with Crippen LogP contribution in [0.5, 0.6) is 0 Å². The Bertz CT molecular complexity index is 2390. The number of para-hydroxylation sites is 2. The van der Waals surface area contributed by atoms with E-state index in [1.807, 2.05) is 102 Å². The Hall–Kier alpha value is -4.88. The molecule has 284 valence electrons. The molecule has 8 rings (SSSR count). The lowest BCUT2D eigenvalue weighted by molar-refractivity contribution is -0.276. The molecule has 2 aliphatic rings. The number of fused-ring (bicyclic) bond motifs is 1. The number of ether oxygens (including phenoxy) is 2. The van der Waals surface area contributed by atoms with Gasteiger partial charge in [0.1, 0.15) is 0 Å². The van der Waals surface area contributed by atoms with E-state index in [9.17, 15) is 18.3 Å². The Morgan fingerprint density at radius 1 is 0.800 bits per heavy atom. The number of nitrogens with one attached hydrogen (secondary N) is 2. The van der Waals surface area contributed by atoms with Gasteiger partial charge in [0.05, 0.1) is 34.7 Å². The molecule has 4 atom stereocenters. The Morgan fingerprint density at radius 3 is 2.22 bits per heavy atom. The molecule has 10 nitrogen and oxygen atoms in total. The van der Waals surface area contributed by atoms with Crippen LogP contribution in [0.4, 0.5) is 0 Å². The lowest BCUT2D eigenvalue weighted by Gasteiger charge is -2.44. The van der Waals surface area contributed by atoms with Crippen molar-refractivity contribution in [1.29, 1.82) is 0 Å². The Morgan fingerprint density at radius 2 is 1.47 bits per heavy atom. The van der Waals surface area contributed by atoms with Crippen molar-refractivity contribution in [3.8, 4) is 11.1 Å². The highest BCUT2D eigenvalue weighted by Gasteiger charge is 2.39. The van der Waals surface area contributed by atoms with Crippen LogP contribution >= 0.6 is 0 Å². The van der Waals surface area contributed by atoms with E-state index in [0.29, 0.717) is 0 Å². The Kier molecular flexibility index (Phi) is 10.8. The van der Waals surface area contributed by atoms with Crippen LogP contribution in [0.1, 0.15) is 60.5 Å². The molecular formula is C44H46N4O6S. The zero-order chi connectivity index (χ0) is 37.9. The number of aliphatic hydroxyl groups excluding tert-OH is 1. The molecule has 2 aliphatic heterocycles. The van der Waals surface area contributed by atoms with Gasteiger partial charge < -0.3 is 24.5 Å². The Labute approximate surface area is 321 Å². The van der Waals surface area contributed by atoms with Gasteiger partial charge in [0.2, 0.25) is 10.0 Å². The minimum absolute atomic E-state index is 0.0231. The predicted octanol–water partition coefficient (Wildman–Crippen LogP) is 7.10. The number of aromatic amines is 1. The molecule has 3 N–H and O–H groups in total. The van der Waals surface area contributed by atoms with Crippen molar-refractivity contribution in [1.82, 2.24) is 19.2 Å². The Balaban J connectivity index is 0.996. The fourth-order valence-electron chi connectivity index (χ4n) is 8.01. The van der Waals surface area contributed by atoms with E-state index in [1.165, 1.54) is 0 Å². The van der Waals surface area contributed by atoms with E-state index in [4.69, 9.17) is 9.47 Å². The van der Waals surface area contributed by atoms with Gasteiger partial charge >= 0.3 is 5.69 Å². The molecule has 6 aromatic rings. The average Bonchev–Trinajstić information content (AvgIpc) is 3.57. The van der Waals surface area contributed by atoms with Crippen LogP contribution in [0.3, 0.4) is 0 Å². The van der Waals surface area contributed by atoms with Crippen LogP contribution in [-0.2, 0) is 32.6 Å². The summed E-state index contributed by atoms with van der Waals surface area (Å²) < 4.78 is 44.2. The van der Waals surface area contributed by atoms with Gasteiger partial charge in [-0.1, -0.05) is 110 Å². The van der Waals surface area contributed by atoms with E-state index < -0.39 is 16.3 Å². The quantitative estimate of drug-likeness (QED) is 0.129. The van der Waals surface area contributed by atoms with Crippen LogP contribution in [0.2, 0.25) is 0 Å². The molecule has 5 aromatic carbocycles. The highest BCUT2D eigenvalue weighted by Crippen LogP contribution is 2.42. The first-order valence-corrected chi connectivity index (χ1v) is 20.4. The van der Waals surface area contributed by atoms with Gasteiger partial charge in [-0.05, 0) is 64.9 Å². The van der Waals surface area contributed by atoms with Crippen LogP contribution < -0.4 is 10.4 Å². The molecule has 3 heterocycles. The molecule has 0 saturated carbocycles. The molecule has 0 aliphatic carbocycles. The summed E-state index contributed by atoms with van der Waals surface area (Å²) in [4.78, 5) is 18.6. The summed E-state index contributed by atoms with van der Waals surface area (Å²) in [6.07, 6.45) is 0.744. The lowest BCUT2D eigenvalue weighted by atomic mass is 9.89. The summed E-state index contributed by atoms with van der Waals surface area (Å²) >= 11 is 0.